The van der Waals surface area contributed by atoms with Gasteiger partial charge in [0, 0.05) is 0 Å². The maximum absolute atomic E-state index is 12.4. The highest BCUT2D eigenvalue weighted by Gasteiger charge is 2.40. The van der Waals surface area contributed by atoms with Gasteiger partial charge in [0.2, 0.25) is 9.62 Å². The summed E-state index contributed by atoms with van der Waals surface area (Å²) in [6, 6.07) is 0. The molecule has 72 valence electrons. The Morgan fingerprint density at radius 1 is 1.00 bits per heavy atom. The molecule has 0 radical (unpaired) electrons. The van der Waals surface area contributed by atoms with Crippen molar-refractivity contribution < 1.29 is 13.2 Å². The molecule has 0 nitrogen and oxygen atoms in total. The highest BCUT2D eigenvalue weighted by Crippen LogP contribution is 2.44. The van der Waals surface area contributed by atoms with Crippen LogP contribution in [0.3, 0.4) is 0 Å². The zero-order valence-corrected chi connectivity index (χ0v) is 8.80. The molecule has 0 saturated carbocycles. The molecular formula is C4Cl5F3. The van der Waals surface area contributed by atoms with E-state index in [-0.39, 0.29) is 0 Å². The summed E-state index contributed by atoms with van der Waals surface area (Å²) in [5.41, 5.74) is 0. The Morgan fingerprint density at radius 2 is 1.33 bits per heavy atom. The molecule has 0 fully saturated rings. The van der Waals surface area contributed by atoms with E-state index < -0.39 is 20.0 Å². The third kappa shape index (κ3) is 3.79. The van der Waals surface area contributed by atoms with Crippen molar-refractivity contribution in [2.75, 3.05) is 0 Å². The second kappa shape index (κ2) is 4.01. The van der Waals surface area contributed by atoms with Crippen LogP contribution in [0.1, 0.15) is 0 Å². The summed E-state index contributed by atoms with van der Waals surface area (Å²) in [6.45, 7) is 0. The minimum atomic E-state index is -4.26. The molecule has 0 aliphatic carbocycles. The Balaban J connectivity index is 4.96. The Kier molecular flexibility index (Phi) is 4.34. The van der Waals surface area contributed by atoms with Gasteiger partial charge in [0.15, 0.2) is 0 Å². The fraction of sp³-hybridized carbons (Fsp3) is 0.500. The molecule has 0 bridgehead atoms. The lowest BCUT2D eigenvalue weighted by atomic mass is 10.5. The first-order valence-corrected chi connectivity index (χ1v) is 4.15. The van der Waals surface area contributed by atoms with E-state index in [2.05, 4.69) is 11.6 Å². The van der Waals surface area contributed by atoms with Gasteiger partial charge in [-0.05, 0) is 11.6 Å². The van der Waals surface area contributed by atoms with Crippen molar-refractivity contribution in [3.05, 3.63) is 10.9 Å². The summed E-state index contributed by atoms with van der Waals surface area (Å²) in [6.07, 6.45) is 0. The van der Waals surface area contributed by atoms with Gasteiger partial charge in [-0.15, -0.1) is 0 Å². The van der Waals surface area contributed by atoms with Crippen molar-refractivity contribution in [1.29, 1.82) is 0 Å². The lowest BCUT2D eigenvalue weighted by Crippen LogP contribution is -2.13. The van der Waals surface area contributed by atoms with Gasteiger partial charge in [0.25, 0.3) is 0 Å². The maximum atomic E-state index is 12.4. The van der Waals surface area contributed by atoms with Crippen LogP contribution < -0.4 is 0 Å². The van der Waals surface area contributed by atoms with Crippen LogP contribution in [-0.2, 0) is 0 Å². The SMILES string of the molecule is FC(=C(Cl)C(Cl)(Cl)Cl)C(F)(F)Cl. The number of halogens is 8. The van der Waals surface area contributed by atoms with Crippen LogP contribution in [0.2, 0.25) is 0 Å². The fourth-order valence-corrected chi connectivity index (χ4v) is 0.759. The molecule has 0 N–H and O–H groups in total. The van der Waals surface area contributed by atoms with E-state index in [1.54, 1.807) is 0 Å². The quantitative estimate of drug-likeness (QED) is 0.616. The topological polar surface area (TPSA) is 0 Å². The number of alkyl halides is 6. The minimum Gasteiger partial charge on any atom is -0.202 e. The number of rotatable bonds is 1. The third-order valence-electron chi connectivity index (χ3n) is 0.690. The lowest BCUT2D eigenvalue weighted by molar-refractivity contribution is 0.109. The predicted molar refractivity (Wildman–Crippen MR) is 45.1 cm³/mol. The average Bonchev–Trinajstić information content (AvgIpc) is 1.80. The van der Waals surface area contributed by atoms with Crippen LogP contribution in [0.15, 0.2) is 10.9 Å². The van der Waals surface area contributed by atoms with E-state index in [0.29, 0.717) is 0 Å². The summed E-state index contributed by atoms with van der Waals surface area (Å²) in [4.78, 5) is 0. The van der Waals surface area contributed by atoms with E-state index in [4.69, 9.17) is 46.4 Å². The molecule has 0 unspecified atom stereocenters. The van der Waals surface area contributed by atoms with Crippen molar-refractivity contribution in [1.82, 2.24) is 0 Å². The van der Waals surface area contributed by atoms with Crippen molar-refractivity contribution in [2.45, 2.75) is 9.17 Å². The van der Waals surface area contributed by atoms with Crippen LogP contribution >= 0.6 is 58.0 Å². The van der Waals surface area contributed by atoms with Gasteiger partial charge >= 0.3 is 5.38 Å². The summed E-state index contributed by atoms with van der Waals surface area (Å²) < 4.78 is 33.9. The van der Waals surface area contributed by atoms with E-state index in [1.165, 1.54) is 0 Å². The summed E-state index contributed by atoms with van der Waals surface area (Å²) >= 11 is 24.2. The molecular weight excluding hydrogens is 282 g/mol. The van der Waals surface area contributed by atoms with Gasteiger partial charge in [0.1, 0.15) is 5.03 Å². The molecule has 0 rings (SSSR count). The molecule has 0 atom stereocenters. The zero-order chi connectivity index (χ0) is 10.2. The normalized spacial score (nSPS) is 16.0. The Morgan fingerprint density at radius 3 is 1.42 bits per heavy atom. The first-order valence-electron chi connectivity index (χ1n) is 2.26. The van der Waals surface area contributed by atoms with Crippen molar-refractivity contribution in [3.63, 3.8) is 0 Å². The molecule has 0 aliphatic heterocycles. The predicted octanol–water partition coefficient (Wildman–Crippen LogP) is 4.61. The van der Waals surface area contributed by atoms with Gasteiger partial charge < -0.3 is 0 Å². The molecule has 8 heteroatoms. The maximum Gasteiger partial charge on any atom is 0.375 e. The van der Waals surface area contributed by atoms with E-state index >= 15 is 0 Å². The molecule has 0 aromatic rings. The first-order chi connectivity index (χ1) is 5.07. The van der Waals surface area contributed by atoms with E-state index in [9.17, 15) is 13.2 Å². The highest BCUT2D eigenvalue weighted by molar-refractivity contribution is 6.73. The van der Waals surface area contributed by atoms with Gasteiger partial charge in [-0.25, -0.2) is 4.39 Å². The largest absolute Gasteiger partial charge is 0.375 e. The average molecular weight is 282 g/mol. The molecule has 0 amide bonds. The fourth-order valence-electron chi connectivity index (χ4n) is 0.249. The summed E-state index contributed by atoms with van der Waals surface area (Å²) in [5.74, 6) is -2.18. The Bertz CT molecular complexity index is 178. The van der Waals surface area contributed by atoms with Crippen molar-refractivity contribution >= 4 is 58.0 Å². The van der Waals surface area contributed by atoms with Gasteiger partial charge in [-0.2, -0.15) is 8.78 Å². The smallest absolute Gasteiger partial charge is 0.202 e. The highest BCUT2D eigenvalue weighted by atomic mass is 35.6. The van der Waals surface area contributed by atoms with Gasteiger partial charge in [-0.3, -0.25) is 0 Å². The van der Waals surface area contributed by atoms with Crippen LogP contribution in [0, 0.1) is 0 Å². The molecule has 0 aliphatic rings. The minimum absolute atomic E-state index is 1.26. The third-order valence-corrected chi connectivity index (χ3v) is 2.16. The van der Waals surface area contributed by atoms with Crippen molar-refractivity contribution in [3.8, 4) is 0 Å². The first kappa shape index (κ1) is 13.0. The second-order valence-electron chi connectivity index (χ2n) is 1.62. The van der Waals surface area contributed by atoms with Gasteiger partial charge in [0.05, 0.1) is 0 Å². The standard InChI is InChI=1S/C4Cl5F3/c5-1(3(6,7)8)2(10)4(9,11)12. The molecule has 0 saturated heterocycles. The Labute approximate surface area is 91.2 Å². The zero-order valence-electron chi connectivity index (χ0n) is 5.02. The monoisotopic (exact) mass is 280 g/mol. The second-order valence-corrected chi connectivity index (χ2v) is 4.76. The molecule has 0 aromatic heterocycles. The number of hydrogen-bond donors (Lipinski definition) is 0. The number of hydrogen-bond acceptors (Lipinski definition) is 0. The molecule has 0 spiro atoms. The van der Waals surface area contributed by atoms with Gasteiger partial charge in [-0.1, -0.05) is 46.4 Å². The summed E-state index contributed by atoms with van der Waals surface area (Å²) in [7, 11) is 0. The summed E-state index contributed by atoms with van der Waals surface area (Å²) in [5, 5.41) is -5.52. The van der Waals surface area contributed by atoms with Crippen LogP contribution in [0.25, 0.3) is 0 Å². The van der Waals surface area contributed by atoms with Crippen LogP contribution in [0.5, 0.6) is 0 Å². The molecule has 0 heterocycles. The van der Waals surface area contributed by atoms with E-state index in [0.717, 1.165) is 0 Å². The van der Waals surface area contributed by atoms with Crippen LogP contribution in [-0.4, -0.2) is 9.17 Å². The molecule has 12 heavy (non-hydrogen) atoms. The van der Waals surface area contributed by atoms with Crippen LogP contribution in [0.4, 0.5) is 13.2 Å². The molecule has 0 aromatic carbocycles. The van der Waals surface area contributed by atoms with Crippen molar-refractivity contribution in [2.24, 2.45) is 0 Å². The number of allylic oxidation sites excluding steroid dienone is 2. The Hall–Kier alpha value is 0.980. The lowest BCUT2D eigenvalue weighted by Gasteiger charge is -2.12. The van der Waals surface area contributed by atoms with E-state index in [1.807, 2.05) is 0 Å².